The van der Waals surface area contributed by atoms with Crippen molar-refractivity contribution in [3.05, 3.63) is 41.3 Å². The number of aromatic nitrogens is 2. The number of primary amides is 1. The number of carbonyl (C=O) groups excluding carboxylic acids is 1. The van der Waals surface area contributed by atoms with Crippen molar-refractivity contribution in [3.63, 3.8) is 0 Å². The number of nitrogens with zero attached hydrogens (tertiary/aromatic N) is 2. The number of carbonyl (C=O) groups is 1. The van der Waals surface area contributed by atoms with Crippen LogP contribution in [0, 0.1) is 0 Å². The molecular formula is C11H9N3OS. The van der Waals surface area contributed by atoms with Crippen LogP contribution in [0.15, 0.2) is 35.7 Å². The summed E-state index contributed by atoms with van der Waals surface area (Å²) in [6, 6.07) is 7.65. The Kier molecular flexibility index (Phi) is 3.07. The number of benzene rings is 1. The van der Waals surface area contributed by atoms with Gasteiger partial charge in [-0.1, -0.05) is 28.8 Å². The maximum Gasteiger partial charge on any atom is 0.241 e. The molecule has 4 nitrogen and oxygen atoms in total. The molecule has 0 spiro atoms. The van der Waals surface area contributed by atoms with Crippen molar-refractivity contribution in [1.29, 1.82) is 0 Å². The van der Waals surface area contributed by atoms with E-state index in [1.165, 1.54) is 17.6 Å². The summed E-state index contributed by atoms with van der Waals surface area (Å²) in [4.78, 5) is 10.5. The fraction of sp³-hybridized carbons (Fsp3) is 0. The molecule has 0 saturated heterocycles. The summed E-state index contributed by atoms with van der Waals surface area (Å²) in [5.41, 5.74) is 7.79. The Balaban J connectivity index is 2.20. The Bertz CT molecular complexity index is 503. The molecule has 0 aliphatic heterocycles. The van der Waals surface area contributed by atoms with Gasteiger partial charge >= 0.3 is 0 Å². The Morgan fingerprint density at radius 3 is 2.62 bits per heavy atom. The SMILES string of the molecule is NC(=O)/C=C\c1ccc(-c2csnn2)cc1. The average Bonchev–Trinajstić information content (AvgIpc) is 2.80. The van der Waals surface area contributed by atoms with E-state index in [1.807, 2.05) is 29.6 Å². The van der Waals surface area contributed by atoms with Crippen molar-refractivity contribution in [1.82, 2.24) is 9.59 Å². The zero-order valence-electron chi connectivity index (χ0n) is 8.33. The van der Waals surface area contributed by atoms with Crippen LogP contribution in [0.5, 0.6) is 0 Å². The van der Waals surface area contributed by atoms with Crippen molar-refractivity contribution >= 4 is 23.5 Å². The lowest BCUT2D eigenvalue weighted by Gasteiger charge is -1.96. The molecule has 16 heavy (non-hydrogen) atoms. The van der Waals surface area contributed by atoms with Gasteiger partial charge in [0.15, 0.2) is 0 Å². The second kappa shape index (κ2) is 4.67. The van der Waals surface area contributed by atoms with E-state index in [-0.39, 0.29) is 0 Å². The molecule has 2 aromatic rings. The number of amides is 1. The molecule has 1 aromatic heterocycles. The van der Waals surface area contributed by atoms with Gasteiger partial charge in [0.2, 0.25) is 5.91 Å². The summed E-state index contributed by atoms with van der Waals surface area (Å²) < 4.78 is 3.80. The molecule has 0 radical (unpaired) electrons. The van der Waals surface area contributed by atoms with E-state index in [4.69, 9.17) is 5.73 Å². The molecule has 0 bridgehead atoms. The van der Waals surface area contributed by atoms with E-state index in [9.17, 15) is 4.79 Å². The minimum atomic E-state index is -0.451. The van der Waals surface area contributed by atoms with Crippen LogP contribution >= 0.6 is 11.5 Å². The van der Waals surface area contributed by atoms with Gasteiger partial charge < -0.3 is 5.73 Å². The van der Waals surface area contributed by atoms with E-state index in [1.54, 1.807) is 6.08 Å². The molecule has 0 fully saturated rings. The quantitative estimate of drug-likeness (QED) is 0.817. The largest absolute Gasteiger partial charge is 0.366 e. The Labute approximate surface area is 96.6 Å². The van der Waals surface area contributed by atoms with Crippen molar-refractivity contribution < 1.29 is 4.79 Å². The van der Waals surface area contributed by atoms with Crippen LogP contribution in [0.25, 0.3) is 17.3 Å². The summed E-state index contributed by atoms with van der Waals surface area (Å²) in [6.45, 7) is 0. The van der Waals surface area contributed by atoms with Gasteiger partial charge in [-0.15, -0.1) is 5.10 Å². The van der Waals surface area contributed by atoms with Gasteiger partial charge in [-0.25, -0.2) is 0 Å². The molecule has 5 heteroatoms. The van der Waals surface area contributed by atoms with Crippen LogP contribution in [0.4, 0.5) is 0 Å². The lowest BCUT2D eigenvalue weighted by Crippen LogP contribution is -2.04. The molecule has 1 amide bonds. The zero-order valence-corrected chi connectivity index (χ0v) is 9.15. The predicted octanol–water partition coefficient (Wildman–Crippen LogP) is 1.70. The second-order valence-corrected chi connectivity index (χ2v) is 3.76. The minimum Gasteiger partial charge on any atom is -0.366 e. The van der Waals surface area contributed by atoms with Crippen molar-refractivity contribution in [2.24, 2.45) is 5.73 Å². The minimum absolute atomic E-state index is 0.451. The smallest absolute Gasteiger partial charge is 0.241 e. The number of hydrogen-bond acceptors (Lipinski definition) is 4. The molecule has 80 valence electrons. The summed E-state index contributed by atoms with van der Waals surface area (Å²) in [7, 11) is 0. The van der Waals surface area contributed by atoms with Gasteiger partial charge in [-0.2, -0.15) is 0 Å². The molecule has 0 saturated carbocycles. The van der Waals surface area contributed by atoms with E-state index in [2.05, 4.69) is 9.59 Å². The first-order valence-electron chi connectivity index (χ1n) is 4.61. The van der Waals surface area contributed by atoms with Crippen molar-refractivity contribution in [3.8, 4) is 11.3 Å². The van der Waals surface area contributed by atoms with E-state index in [0.29, 0.717) is 0 Å². The molecular weight excluding hydrogens is 222 g/mol. The van der Waals surface area contributed by atoms with Gasteiger partial charge in [0.25, 0.3) is 0 Å². The molecule has 0 aliphatic rings. The highest BCUT2D eigenvalue weighted by Crippen LogP contribution is 2.18. The Hall–Kier alpha value is -2.01. The summed E-state index contributed by atoms with van der Waals surface area (Å²) in [5, 5.41) is 5.85. The highest BCUT2D eigenvalue weighted by atomic mass is 32.1. The van der Waals surface area contributed by atoms with Crippen LogP contribution < -0.4 is 5.73 Å². The number of hydrogen-bond donors (Lipinski definition) is 1. The fourth-order valence-corrected chi connectivity index (χ4v) is 1.70. The monoisotopic (exact) mass is 231 g/mol. The Morgan fingerprint density at radius 1 is 1.31 bits per heavy atom. The maximum absolute atomic E-state index is 10.5. The zero-order chi connectivity index (χ0) is 11.4. The lowest BCUT2D eigenvalue weighted by molar-refractivity contribution is -0.113. The topological polar surface area (TPSA) is 68.9 Å². The van der Waals surface area contributed by atoms with Crippen LogP contribution in [0.3, 0.4) is 0 Å². The molecule has 1 heterocycles. The lowest BCUT2D eigenvalue weighted by atomic mass is 10.1. The molecule has 0 atom stereocenters. The third-order valence-electron chi connectivity index (χ3n) is 2.01. The van der Waals surface area contributed by atoms with Gasteiger partial charge in [0.1, 0.15) is 5.69 Å². The standard InChI is InChI=1S/C11H9N3OS/c12-11(15)6-3-8-1-4-9(5-2-8)10-7-16-14-13-10/h1-7H,(H2,12,15)/b6-3-. The number of rotatable bonds is 3. The molecule has 1 aromatic carbocycles. The first kappa shape index (κ1) is 10.5. The van der Waals surface area contributed by atoms with E-state index < -0.39 is 5.91 Å². The Morgan fingerprint density at radius 2 is 2.06 bits per heavy atom. The third kappa shape index (κ3) is 2.52. The van der Waals surface area contributed by atoms with Gasteiger partial charge in [-0.05, 0) is 23.2 Å². The van der Waals surface area contributed by atoms with Crippen LogP contribution in [0.1, 0.15) is 5.56 Å². The van der Waals surface area contributed by atoms with Gasteiger partial charge in [-0.3, -0.25) is 4.79 Å². The number of nitrogens with two attached hydrogens (primary N) is 1. The van der Waals surface area contributed by atoms with Crippen molar-refractivity contribution in [2.75, 3.05) is 0 Å². The second-order valence-electron chi connectivity index (χ2n) is 3.15. The summed E-state index contributed by atoms with van der Waals surface area (Å²) in [6.07, 6.45) is 3.00. The normalized spacial score (nSPS) is 10.8. The molecule has 0 aliphatic carbocycles. The van der Waals surface area contributed by atoms with Crippen LogP contribution in [0.2, 0.25) is 0 Å². The predicted molar refractivity (Wildman–Crippen MR) is 63.6 cm³/mol. The molecule has 2 N–H and O–H groups in total. The highest BCUT2D eigenvalue weighted by molar-refractivity contribution is 7.03. The maximum atomic E-state index is 10.5. The van der Waals surface area contributed by atoms with E-state index in [0.717, 1.165) is 16.8 Å². The van der Waals surface area contributed by atoms with Crippen LogP contribution in [-0.4, -0.2) is 15.5 Å². The highest BCUT2D eigenvalue weighted by Gasteiger charge is 1.99. The molecule has 0 unspecified atom stereocenters. The molecule has 2 rings (SSSR count). The summed E-state index contributed by atoms with van der Waals surface area (Å²) in [5.74, 6) is -0.451. The first-order valence-corrected chi connectivity index (χ1v) is 5.44. The van der Waals surface area contributed by atoms with E-state index >= 15 is 0 Å². The fourth-order valence-electron chi connectivity index (χ4n) is 1.23. The first-order chi connectivity index (χ1) is 7.75. The van der Waals surface area contributed by atoms with Crippen LogP contribution in [-0.2, 0) is 4.79 Å². The van der Waals surface area contributed by atoms with Crippen molar-refractivity contribution in [2.45, 2.75) is 0 Å². The van der Waals surface area contributed by atoms with Gasteiger partial charge in [0, 0.05) is 17.0 Å². The average molecular weight is 231 g/mol. The third-order valence-corrected chi connectivity index (χ3v) is 2.51. The summed E-state index contributed by atoms with van der Waals surface area (Å²) >= 11 is 1.32. The van der Waals surface area contributed by atoms with Gasteiger partial charge in [0.05, 0.1) is 0 Å².